The molecule has 0 unspecified atom stereocenters. The third kappa shape index (κ3) is 4.30. The second-order valence-electron chi connectivity index (χ2n) is 5.87. The molecule has 3 rings (SSSR count). The van der Waals surface area contributed by atoms with Gasteiger partial charge in [0.05, 0.1) is 30.7 Å². The van der Waals surface area contributed by atoms with Crippen molar-refractivity contribution in [2.75, 3.05) is 39.4 Å². The van der Waals surface area contributed by atoms with Crippen LogP contribution in [0.5, 0.6) is 0 Å². The van der Waals surface area contributed by atoms with E-state index in [1.165, 1.54) is 0 Å². The van der Waals surface area contributed by atoms with Crippen LogP contribution in [0.15, 0.2) is 18.2 Å². The molecule has 1 aromatic carbocycles. The summed E-state index contributed by atoms with van der Waals surface area (Å²) in [6, 6.07) is 5.97. The lowest BCUT2D eigenvalue weighted by atomic mass is 10.1. The Labute approximate surface area is 136 Å². The molecule has 23 heavy (non-hydrogen) atoms. The van der Waals surface area contributed by atoms with Gasteiger partial charge in [-0.3, -0.25) is 9.69 Å². The number of benzene rings is 1. The van der Waals surface area contributed by atoms with E-state index in [0.717, 1.165) is 61.7 Å². The van der Waals surface area contributed by atoms with Gasteiger partial charge in [-0.1, -0.05) is 13.0 Å². The summed E-state index contributed by atoms with van der Waals surface area (Å²) in [5, 5.41) is 3.00. The van der Waals surface area contributed by atoms with Crippen molar-refractivity contribution in [2.45, 2.75) is 19.8 Å². The molecule has 2 heterocycles. The van der Waals surface area contributed by atoms with Gasteiger partial charge in [-0.05, 0) is 17.7 Å². The van der Waals surface area contributed by atoms with Gasteiger partial charge in [0.25, 0.3) is 0 Å². The lowest BCUT2D eigenvalue weighted by Crippen LogP contribution is -2.41. The van der Waals surface area contributed by atoms with Crippen molar-refractivity contribution >= 4 is 16.9 Å². The van der Waals surface area contributed by atoms with Crippen LogP contribution in [-0.2, 0) is 22.4 Å². The van der Waals surface area contributed by atoms with Crippen LogP contribution in [0.1, 0.15) is 18.3 Å². The number of aryl methyl sites for hydroxylation is 1. The van der Waals surface area contributed by atoms with E-state index in [0.29, 0.717) is 13.0 Å². The zero-order chi connectivity index (χ0) is 16.1. The van der Waals surface area contributed by atoms with Gasteiger partial charge in [0.1, 0.15) is 5.82 Å². The SMILES string of the molecule is CCc1nc2ccc(CC(=O)NCCN3CCOCC3)cc2[nH]1. The van der Waals surface area contributed by atoms with Crippen LogP contribution in [0.2, 0.25) is 0 Å². The zero-order valence-electron chi connectivity index (χ0n) is 13.6. The minimum Gasteiger partial charge on any atom is -0.379 e. The molecule has 0 radical (unpaired) electrons. The first-order chi connectivity index (χ1) is 11.2. The van der Waals surface area contributed by atoms with E-state index in [1.807, 2.05) is 18.2 Å². The molecule has 6 nitrogen and oxygen atoms in total. The number of morpholine rings is 1. The van der Waals surface area contributed by atoms with Crippen LogP contribution >= 0.6 is 0 Å². The number of nitrogens with zero attached hydrogens (tertiary/aromatic N) is 2. The lowest BCUT2D eigenvalue weighted by molar-refractivity contribution is -0.120. The summed E-state index contributed by atoms with van der Waals surface area (Å²) in [6.45, 7) is 7.12. The van der Waals surface area contributed by atoms with Crippen molar-refractivity contribution in [3.8, 4) is 0 Å². The van der Waals surface area contributed by atoms with Crippen LogP contribution in [0, 0.1) is 0 Å². The molecular weight excluding hydrogens is 292 g/mol. The standard InChI is InChI=1S/C17H24N4O2/c1-2-16-19-14-4-3-13(11-15(14)20-16)12-17(22)18-5-6-21-7-9-23-10-8-21/h3-4,11H,2,5-10,12H2,1H3,(H,18,22)(H,19,20). The lowest BCUT2D eigenvalue weighted by Gasteiger charge is -2.26. The second-order valence-corrected chi connectivity index (χ2v) is 5.87. The fourth-order valence-corrected chi connectivity index (χ4v) is 2.81. The topological polar surface area (TPSA) is 70.2 Å². The summed E-state index contributed by atoms with van der Waals surface area (Å²) in [7, 11) is 0. The van der Waals surface area contributed by atoms with Crippen LogP contribution in [-0.4, -0.2) is 60.2 Å². The summed E-state index contributed by atoms with van der Waals surface area (Å²) < 4.78 is 5.31. The third-order valence-electron chi connectivity index (χ3n) is 4.15. The highest BCUT2D eigenvalue weighted by Gasteiger charge is 2.11. The number of ether oxygens (including phenoxy) is 1. The van der Waals surface area contributed by atoms with Crippen LogP contribution in [0.3, 0.4) is 0 Å². The number of hydrogen-bond donors (Lipinski definition) is 2. The average Bonchev–Trinajstić information content (AvgIpc) is 2.98. The molecule has 0 spiro atoms. The first-order valence-corrected chi connectivity index (χ1v) is 8.29. The quantitative estimate of drug-likeness (QED) is 0.838. The molecular formula is C17H24N4O2. The van der Waals surface area contributed by atoms with Gasteiger partial charge < -0.3 is 15.0 Å². The smallest absolute Gasteiger partial charge is 0.224 e. The van der Waals surface area contributed by atoms with Crippen molar-refractivity contribution in [1.29, 1.82) is 0 Å². The number of nitrogens with one attached hydrogen (secondary N) is 2. The first-order valence-electron chi connectivity index (χ1n) is 8.29. The molecule has 0 aliphatic carbocycles. The molecule has 1 aromatic heterocycles. The second kappa shape index (κ2) is 7.57. The molecule has 2 aromatic rings. The van der Waals surface area contributed by atoms with Gasteiger partial charge in [0.15, 0.2) is 0 Å². The van der Waals surface area contributed by atoms with Crippen molar-refractivity contribution in [1.82, 2.24) is 20.2 Å². The Bertz CT molecular complexity index is 662. The van der Waals surface area contributed by atoms with E-state index in [9.17, 15) is 4.79 Å². The minimum atomic E-state index is 0.0628. The minimum absolute atomic E-state index is 0.0628. The fraction of sp³-hybridized carbons (Fsp3) is 0.529. The Balaban J connectivity index is 1.49. The van der Waals surface area contributed by atoms with E-state index in [2.05, 4.69) is 27.1 Å². The predicted octanol–water partition coefficient (Wildman–Crippen LogP) is 1.12. The summed E-state index contributed by atoms with van der Waals surface area (Å²) in [6.07, 6.45) is 1.28. The summed E-state index contributed by atoms with van der Waals surface area (Å²) in [4.78, 5) is 22.1. The number of imidazole rings is 1. The van der Waals surface area contributed by atoms with Crippen LogP contribution < -0.4 is 5.32 Å². The average molecular weight is 316 g/mol. The highest BCUT2D eigenvalue weighted by Crippen LogP contribution is 2.14. The highest BCUT2D eigenvalue weighted by molar-refractivity contribution is 5.81. The van der Waals surface area contributed by atoms with E-state index < -0.39 is 0 Å². The monoisotopic (exact) mass is 316 g/mol. The Hall–Kier alpha value is -1.92. The number of amides is 1. The number of rotatable bonds is 6. The number of hydrogen-bond acceptors (Lipinski definition) is 4. The number of fused-ring (bicyclic) bond motifs is 1. The molecule has 1 aliphatic rings. The summed E-state index contributed by atoms with van der Waals surface area (Å²) in [5.41, 5.74) is 2.96. The molecule has 124 valence electrons. The van der Waals surface area contributed by atoms with Gasteiger partial charge in [0, 0.05) is 32.6 Å². The Morgan fingerprint density at radius 1 is 1.39 bits per heavy atom. The van der Waals surface area contributed by atoms with Gasteiger partial charge in [-0.25, -0.2) is 4.98 Å². The molecule has 1 fully saturated rings. The molecule has 6 heteroatoms. The molecule has 1 saturated heterocycles. The molecule has 0 saturated carbocycles. The molecule has 1 aliphatic heterocycles. The fourth-order valence-electron chi connectivity index (χ4n) is 2.81. The van der Waals surface area contributed by atoms with E-state index in [4.69, 9.17) is 4.74 Å². The van der Waals surface area contributed by atoms with Gasteiger partial charge in [-0.15, -0.1) is 0 Å². The Kier molecular flexibility index (Phi) is 5.25. The van der Waals surface area contributed by atoms with Crippen molar-refractivity contribution in [3.05, 3.63) is 29.6 Å². The van der Waals surface area contributed by atoms with Crippen molar-refractivity contribution in [3.63, 3.8) is 0 Å². The van der Waals surface area contributed by atoms with Gasteiger partial charge >= 0.3 is 0 Å². The zero-order valence-corrected chi connectivity index (χ0v) is 13.6. The van der Waals surface area contributed by atoms with Gasteiger partial charge in [0.2, 0.25) is 5.91 Å². The first kappa shape index (κ1) is 16.0. The highest BCUT2D eigenvalue weighted by atomic mass is 16.5. The predicted molar refractivity (Wildman–Crippen MR) is 89.4 cm³/mol. The molecule has 0 bridgehead atoms. The molecule has 0 atom stereocenters. The maximum atomic E-state index is 12.1. The van der Waals surface area contributed by atoms with Crippen LogP contribution in [0.4, 0.5) is 0 Å². The molecule has 2 N–H and O–H groups in total. The maximum Gasteiger partial charge on any atom is 0.224 e. The Morgan fingerprint density at radius 2 is 2.22 bits per heavy atom. The number of carbonyl (C=O) groups excluding carboxylic acids is 1. The van der Waals surface area contributed by atoms with E-state index in [-0.39, 0.29) is 5.91 Å². The third-order valence-corrected chi connectivity index (χ3v) is 4.15. The number of aromatic nitrogens is 2. The van der Waals surface area contributed by atoms with Gasteiger partial charge in [-0.2, -0.15) is 0 Å². The number of carbonyl (C=O) groups is 1. The molecule has 1 amide bonds. The summed E-state index contributed by atoms with van der Waals surface area (Å²) in [5.74, 6) is 1.04. The van der Waals surface area contributed by atoms with E-state index in [1.54, 1.807) is 0 Å². The van der Waals surface area contributed by atoms with Crippen LogP contribution in [0.25, 0.3) is 11.0 Å². The largest absolute Gasteiger partial charge is 0.379 e. The number of H-pyrrole nitrogens is 1. The van der Waals surface area contributed by atoms with Crippen molar-refractivity contribution < 1.29 is 9.53 Å². The maximum absolute atomic E-state index is 12.1. The summed E-state index contributed by atoms with van der Waals surface area (Å²) >= 11 is 0. The Morgan fingerprint density at radius 3 is 3.00 bits per heavy atom. The van der Waals surface area contributed by atoms with Crippen molar-refractivity contribution in [2.24, 2.45) is 0 Å². The number of aromatic amines is 1. The van der Waals surface area contributed by atoms with E-state index >= 15 is 0 Å². The normalized spacial score (nSPS) is 15.9.